The summed E-state index contributed by atoms with van der Waals surface area (Å²) in [6.45, 7) is 3.86. The Hall–Kier alpha value is -1.01. The highest BCUT2D eigenvalue weighted by atomic mass is 32.2. The van der Waals surface area contributed by atoms with Gasteiger partial charge in [-0.15, -0.1) is 0 Å². The van der Waals surface area contributed by atoms with Crippen LogP contribution in [0.2, 0.25) is 0 Å². The molecule has 0 amide bonds. The van der Waals surface area contributed by atoms with E-state index in [-0.39, 0.29) is 6.61 Å². The van der Waals surface area contributed by atoms with Gasteiger partial charge in [-0.25, -0.2) is 9.97 Å². The number of nitrogens with zero attached hydrogens (tertiary/aromatic N) is 3. The summed E-state index contributed by atoms with van der Waals surface area (Å²) >= 11 is 1.53. The molecule has 0 aliphatic heterocycles. The van der Waals surface area contributed by atoms with Crippen molar-refractivity contribution >= 4 is 23.4 Å². The van der Waals surface area contributed by atoms with Gasteiger partial charge in [-0.3, -0.25) is 0 Å². The molecule has 0 saturated carbocycles. The number of aliphatic hydroxyl groups excluding tert-OH is 1. The minimum atomic E-state index is 0.199. The van der Waals surface area contributed by atoms with Gasteiger partial charge in [0.05, 0.1) is 0 Å². The van der Waals surface area contributed by atoms with Crippen LogP contribution in [0.3, 0.4) is 0 Å². The molecule has 2 N–H and O–H groups in total. The molecule has 0 unspecified atom stereocenters. The predicted molar refractivity (Wildman–Crippen MR) is 72.9 cm³/mol. The first-order valence-electron chi connectivity index (χ1n) is 5.70. The highest BCUT2D eigenvalue weighted by molar-refractivity contribution is 7.98. The largest absolute Gasteiger partial charge is 0.396 e. The van der Waals surface area contributed by atoms with Crippen molar-refractivity contribution < 1.29 is 5.11 Å². The zero-order valence-corrected chi connectivity index (χ0v) is 11.4. The second-order valence-electron chi connectivity index (χ2n) is 3.63. The lowest BCUT2D eigenvalue weighted by atomic mass is 10.4. The first-order chi connectivity index (χ1) is 8.21. The standard InChI is InChI=1S/C11H20N4OS/c1-4-12-9-8-10(14-11(13-9)17-3)15(2)6-5-7-16/h8,16H,4-7H2,1-3H3,(H,12,13,14). The smallest absolute Gasteiger partial charge is 0.191 e. The van der Waals surface area contributed by atoms with Crippen molar-refractivity contribution in [2.75, 3.05) is 43.2 Å². The fraction of sp³-hybridized carbons (Fsp3) is 0.636. The van der Waals surface area contributed by atoms with Crippen LogP contribution in [0.4, 0.5) is 11.6 Å². The molecule has 0 fully saturated rings. The molecule has 1 aromatic heterocycles. The van der Waals surface area contributed by atoms with Crippen molar-refractivity contribution in [1.29, 1.82) is 0 Å². The summed E-state index contributed by atoms with van der Waals surface area (Å²) in [5.41, 5.74) is 0. The second-order valence-corrected chi connectivity index (χ2v) is 4.40. The van der Waals surface area contributed by atoms with Crippen LogP contribution in [0.1, 0.15) is 13.3 Å². The number of aromatic nitrogens is 2. The summed E-state index contributed by atoms with van der Waals surface area (Å²) in [5, 5.41) is 12.8. The molecule has 5 nitrogen and oxygen atoms in total. The SMILES string of the molecule is CCNc1cc(N(C)CCCO)nc(SC)n1. The molecule has 96 valence electrons. The van der Waals surface area contributed by atoms with Crippen LogP contribution in [0.15, 0.2) is 11.2 Å². The van der Waals surface area contributed by atoms with Crippen LogP contribution in [0.25, 0.3) is 0 Å². The third-order valence-corrected chi connectivity index (χ3v) is 2.82. The Morgan fingerprint density at radius 3 is 2.82 bits per heavy atom. The molecule has 17 heavy (non-hydrogen) atoms. The zero-order valence-electron chi connectivity index (χ0n) is 10.6. The van der Waals surface area contributed by atoms with Gasteiger partial charge in [0.1, 0.15) is 11.6 Å². The molecular weight excluding hydrogens is 236 g/mol. The lowest BCUT2D eigenvalue weighted by Gasteiger charge is -2.18. The van der Waals surface area contributed by atoms with Crippen LogP contribution in [-0.2, 0) is 0 Å². The predicted octanol–water partition coefficient (Wildman–Crippen LogP) is 1.45. The van der Waals surface area contributed by atoms with Gasteiger partial charge in [0.2, 0.25) is 0 Å². The maximum atomic E-state index is 8.83. The highest BCUT2D eigenvalue weighted by Gasteiger charge is 2.07. The molecule has 6 heteroatoms. The molecule has 0 spiro atoms. The molecule has 0 radical (unpaired) electrons. The fourth-order valence-corrected chi connectivity index (χ4v) is 1.77. The molecule has 0 aliphatic carbocycles. The quantitative estimate of drug-likeness (QED) is 0.569. The van der Waals surface area contributed by atoms with Crippen molar-refractivity contribution in [3.8, 4) is 0 Å². The lowest BCUT2D eigenvalue weighted by Crippen LogP contribution is -2.21. The maximum Gasteiger partial charge on any atom is 0.191 e. The summed E-state index contributed by atoms with van der Waals surface area (Å²) < 4.78 is 0. The average Bonchev–Trinajstić information content (AvgIpc) is 2.35. The normalized spacial score (nSPS) is 10.4. The van der Waals surface area contributed by atoms with Crippen LogP contribution >= 0.6 is 11.8 Å². The van der Waals surface area contributed by atoms with Crippen molar-refractivity contribution in [3.63, 3.8) is 0 Å². The van der Waals surface area contributed by atoms with E-state index < -0.39 is 0 Å². The van der Waals surface area contributed by atoms with Gasteiger partial charge in [-0.05, 0) is 19.6 Å². The lowest BCUT2D eigenvalue weighted by molar-refractivity contribution is 0.290. The van der Waals surface area contributed by atoms with E-state index in [0.717, 1.165) is 36.3 Å². The Morgan fingerprint density at radius 2 is 2.24 bits per heavy atom. The summed E-state index contributed by atoms with van der Waals surface area (Å²) in [4.78, 5) is 10.8. The second kappa shape index (κ2) is 7.34. The van der Waals surface area contributed by atoms with Crippen molar-refractivity contribution in [2.24, 2.45) is 0 Å². The van der Waals surface area contributed by atoms with E-state index >= 15 is 0 Å². The number of anilines is 2. The monoisotopic (exact) mass is 256 g/mol. The summed E-state index contributed by atoms with van der Waals surface area (Å²) in [5.74, 6) is 1.73. The van der Waals surface area contributed by atoms with Gasteiger partial charge in [-0.2, -0.15) is 0 Å². The van der Waals surface area contributed by atoms with Gasteiger partial charge in [0, 0.05) is 32.8 Å². The topological polar surface area (TPSA) is 61.3 Å². The molecular formula is C11H20N4OS. The van der Waals surface area contributed by atoms with Crippen molar-refractivity contribution in [3.05, 3.63) is 6.07 Å². The molecule has 1 rings (SSSR count). The van der Waals surface area contributed by atoms with Crippen molar-refractivity contribution in [2.45, 2.75) is 18.5 Å². The third-order valence-electron chi connectivity index (χ3n) is 2.28. The van der Waals surface area contributed by atoms with E-state index in [2.05, 4.69) is 15.3 Å². The number of aliphatic hydroxyl groups is 1. The highest BCUT2D eigenvalue weighted by Crippen LogP contribution is 2.19. The Balaban J connectivity index is 2.85. The number of hydrogen-bond donors (Lipinski definition) is 2. The number of hydrogen-bond acceptors (Lipinski definition) is 6. The number of thioether (sulfide) groups is 1. The number of rotatable bonds is 7. The summed E-state index contributed by atoms with van der Waals surface area (Å²) in [6.07, 6.45) is 2.70. The summed E-state index contributed by atoms with van der Waals surface area (Å²) in [6, 6.07) is 1.93. The number of nitrogens with one attached hydrogen (secondary N) is 1. The first kappa shape index (κ1) is 14.1. The van der Waals surface area contributed by atoms with E-state index in [1.165, 1.54) is 11.8 Å². The van der Waals surface area contributed by atoms with Crippen LogP contribution in [0.5, 0.6) is 0 Å². The molecule has 0 aliphatic rings. The van der Waals surface area contributed by atoms with Crippen molar-refractivity contribution in [1.82, 2.24) is 9.97 Å². The van der Waals surface area contributed by atoms with Gasteiger partial charge in [0.25, 0.3) is 0 Å². The van der Waals surface area contributed by atoms with Gasteiger partial charge in [0.15, 0.2) is 5.16 Å². The molecule has 0 atom stereocenters. The van der Waals surface area contributed by atoms with Gasteiger partial charge in [-0.1, -0.05) is 11.8 Å². The average molecular weight is 256 g/mol. The van der Waals surface area contributed by atoms with E-state index in [9.17, 15) is 0 Å². The van der Waals surface area contributed by atoms with E-state index in [0.29, 0.717) is 0 Å². The minimum absolute atomic E-state index is 0.199. The van der Waals surface area contributed by atoms with Gasteiger partial charge < -0.3 is 15.3 Å². The summed E-state index contributed by atoms with van der Waals surface area (Å²) in [7, 11) is 1.97. The molecule has 1 aromatic rings. The van der Waals surface area contributed by atoms with Gasteiger partial charge >= 0.3 is 0 Å². The molecule has 1 heterocycles. The fourth-order valence-electron chi connectivity index (χ4n) is 1.39. The van der Waals surface area contributed by atoms with Crippen LogP contribution in [0, 0.1) is 0 Å². The molecule has 0 aromatic carbocycles. The Morgan fingerprint density at radius 1 is 1.47 bits per heavy atom. The van der Waals surface area contributed by atoms with Crippen LogP contribution < -0.4 is 10.2 Å². The van der Waals surface area contributed by atoms with Crippen LogP contribution in [-0.4, -0.2) is 48.1 Å². The third kappa shape index (κ3) is 4.40. The zero-order chi connectivity index (χ0) is 12.7. The Kier molecular flexibility index (Phi) is 6.07. The van der Waals surface area contributed by atoms with E-state index in [1.54, 1.807) is 0 Å². The van der Waals surface area contributed by atoms with E-state index in [1.807, 2.05) is 31.2 Å². The Bertz CT molecular complexity index is 348. The molecule has 0 saturated heterocycles. The Labute approximate surface area is 107 Å². The first-order valence-corrected chi connectivity index (χ1v) is 6.92. The molecule has 0 bridgehead atoms. The minimum Gasteiger partial charge on any atom is -0.396 e. The maximum absolute atomic E-state index is 8.83. The van der Waals surface area contributed by atoms with E-state index in [4.69, 9.17) is 5.11 Å².